The lowest BCUT2D eigenvalue weighted by molar-refractivity contribution is 0.234. The third kappa shape index (κ3) is 2.29. The molecule has 0 aromatic rings. The van der Waals surface area contributed by atoms with Crippen LogP contribution in [0, 0.1) is 18.3 Å². The highest BCUT2D eigenvalue weighted by Gasteiger charge is 2.33. The minimum atomic E-state index is 0.302. The van der Waals surface area contributed by atoms with Gasteiger partial charge in [0.05, 0.1) is 6.04 Å². The Hall–Kier alpha value is -0.520. The van der Waals surface area contributed by atoms with Crippen LogP contribution in [0.15, 0.2) is 0 Å². The Morgan fingerprint density at radius 1 is 1.50 bits per heavy atom. The van der Waals surface area contributed by atoms with E-state index in [0.29, 0.717) is 12.1 Å². The van der Waals surface area contributed by atoms with Crippen molar-refractivity contribution in [1.29, 1.82) is 0 Å². The molecule has 1 aliphatic carbocycles. The first kappa shape index (κ1) is 10.0. The van der Waals surface area contributed by atoms with Gasteiger partial charge in [0.25, 0.3) is 0 Å². The molecule has 0 radical (unpaired) electrons. The van der Waals surface area contributed by atoms with E-state index in [1.807, 2.05) is 0 Å². The topological polar surface area (TPSA) is 15.3 Å². The molecule has 78 valence electrons. The fourth-order valence-corrected chi connectivity index (χ4v) is 2.25. The third-order valence-corrected chi connectivity index (χ3v) is 3.44. The maximum Gasteiger partial charge on any atom is 0.0683 e. The number of nitrogens with zero attached hydrogens (tertiary/aromatic N) is 1. The molecule has 1 aliphatic heterocycles. The second kappa shape index (κ2) is 4.33. The van der Waals surface area contributed by atoms with Crippen molar-refractivity contribution in [2.24, 2.45) is 5.92 Å². The van der Waals surface area contributed by atoms with Crippen molar-refractivity contribution in [3.63, 3.8) is 0 Å². The molecule has 1 saturated heterocycles. The van der Waals surface area contributed by atoms with E-state index >= 15 is 0 Å². The van der Waals surface area contributed by atoms with E-state index < -0.39 is 0 Å². The van der Waals surface area contributed by atoms with Gasteiger partial charge in [-0.25, -0.2) is 0 Å². The Bertz CT molecular complexity index is 227. The second-order valence-electron chi connectivity index (χ2n) is 4.59. The van der Waals surface area contributed by atoms with Crippen LogP contribution in [0.2, 0.25) is 0 Å². The van der Waals surface area contributed by atoms with Crippen molar-refractivity contribution in [2.45, 2.75) is 38.3 Å². The highest BCUT2D eigenvalue weighted by Crippen LogP contribution is 2.33. The van der Waals surface area contributed by atoms with Gasteiger partial charge in [0, 0.05) is 19.1 Å². The number of rotatable bonds is 2. The van der Waals surface area contributed by atoms with E-state index in [4.69, 9.17) is 6.42 Å². The summed E-state index contributed by atoms with van der Waals surface area (Å²) in [5, 5.41) is 3.64. The summed E-state index contributed by atoms with van der Waals surface area (Å²) in [7, 11) is 0. The molecule has 1 N–H and O–H groups in total. The number of nitrogens with one attached hydrogen (secondary N) is 1. The zero-order valence-electron chi connectivity index (χ0n) is 9.00. The fourth-order valence-electron chi connectivity index (χ4n) is 2.25. The van der Waals surface area contributed by atoms with Crippen LogP contribution in [0.5, 0.6) is 0 Å². The summed E-state index contributed by atoms with van der Waals surface area (Å²) >= 11 is 0. The molecule has 2 aliphatic rings. The smallest absolute Gasteiger partial charge is 0.0683 e. The van der Waals surface area contributed by atoms with Gasteiger partial charge < -0.3 is 5.32 Å². The zero-order valence-corrected chi connectivity index (χ0v) is 9.00. The Kier molecular flexibility index (Phi) is 3.10. The Balaban J connectivity index is 1.93. The molecule has 1 saturated carbocycles. The fraction of sp³-hybridized carbons (Fsp3) is 0.833. The van der Waals surface area contributed by atoms with Crippen LogP contribution in [0.25, 0.3) is 0 Å². The molecule has 2 unspecified atom stereocenters. The standard InChI is InChI=1S/C12H20N2/c1-3-10(2)14-8-4-7-13-12(9-14)11-5-6-11/h1,10-13H,4-9H2,2H3. The quantitative estimate of drug-likeness (QED) is 0.659. The summed E-state index contributed by atoms with van der Waals surface area (Å²) in [6.07, 6.45) is 9.54. The van der Waals surface area contributed by atoms with E-state index in [1.54, 1.807) is 0 Å². The van der Waals surface area contributed by atoms with Crippen LogP contribution in [-0.4, -0.2) is 36.6 Å². The van der Waals surface area contributed by atoms with Gasteiger partial charge in [-0.2, -0.15) is 0 Å². The predicted molar refractivity (Wildman–Crippen MR) is 59.0 cm³/mol. The molecule has 2 rings (SSSR count). The molecule has 0 amide bonds. The van der Waals surface area contributed by atoms with E-state index in [0.717, 1.165) is 25.6 Å². The molecule has 0 aromatic heterocycles. The van der Waals surface area contributed by atoms with E-state index in [1.165, 1.54) is 19.3 Å². The molecule has 14 heavy (non-hydrogen) atoms. The number of terminal acetylenes is 1. The van der Waals surface area contributed by atoms with Crippen LogP contribution in [0.1, 0.15) is 26.2 Å². The molecule has 0 aromatic carbocycles. The van der Waals surface area contributed by atoms with Gasteiger partial charge in [-0.15, -0.1) is 6.42 Å². The van der Waals surface area contributed by atoms with Crippen molar-refractivity contribution in [2.75, 3.05) is 19.6 Å². The van der Waals surface area contributed by atoms with Crippen molar-refractivity contribution in [3.05, 3.63) is 0 Å². The molecule has 2 nitrogen and oxygen atoms in total. The average molecular weight is 192 g/mol. The predicted octanol–water partition coefficient (Wildman–Crippen LogP) is 1.08. The first-order valence-electron chi connectivity index (χ1n) is 5.75. The van der Waals surface area contributed by atoms with Crippen LogP contribution < -0.4 is 5.32 Å². The summed E-state index contributed by atoms with van der Waals surface area (Å²) in [5.41, 5.74) is 0. The molecule has 0 bridgehead atoms. The highest BCUT2D eigenvalue weighted by atomic mass is 15.2. The van der Waals surface area contributed by atoms with E-state index in [9.17, 15) is 0 Å². The minimum absolute atomic E-state index is 0.302. The minimum Gasteiger partial charge on any atom is -0.312 e. The Morgan fingerprint density at radius 3 is 2.93 bits per heavy atom. The van der Waals surface area contributed by atoms with Gasteiger partial charge in [-0.1, -0.05) is 5.92 Å². The molecule has 0 spiro atoms. The summed E-state index contributed by atoms with van der Waals surface area (Å²) in [6, 6.07) is 1.00. The first-order valence-corrected chi connectivity index (χ1v) is 5.75. The molecule has 2 atom stereocenters. The number of hydrogen-bond acceptors (Lipinski definition) is 2. The van der Waals surface area contributed by atoms with E-state index in [-0.39, 0.29) is 0 Å². The van der Waals surface area contributed by atoms with Gasteiger partial charge in [-0.3, -0.25) is 4.90 Å². The lowest BCUT2D eigenvalue weighted by Crippen LogP contribution is -2.42. The Morgan fingerprint density at radius 2 is 2.29 bits per heavy atom. The third-order valence-electron chi connectivity index (χ3n) is 3.44. The van der Waals surface area contributed by atoms with Crippen LogP contribution >= 0.6 is 0 Å². The van der Waals surface area contributed by atoms with Crippen molar-refractivity contribution < 1.29 is 0 Å². The normalized spacial score (nSPS) is 31.9. The van der Waals surface area contributed by atoms with Gasteiger partial charge in [0.15, 0.2) is 0 Å². The lowest BCUT2D eigenvalue weighted by atomic mass is 10.1. The molecular weight excluding hydrogens is 172 g/mol. The van der Waals surface area contributed by atoms with Gasteiger partial charge in [-0.05, 0) is 38.6 Å². The van der Waals surface area contributed by atoms with Gasteiger partial charge >= 0.3 is 0 Å². The molecular formula is C12H20N2. The average Bonchev–Trinajstić information content (AvgIpc) is 3.01. The summed E-state index contributed by atoms with van der Waals surface area (Å²) < 4.78 is 0. The highest BCUT2D eigenvalue weighted by molar-refractivity contribution is 5.00. The summed E-state index contributed by atoms with van der Waals surface area (Å²) in [6.45, 7) is 5.60. The Labute approximate surface area is 87.1 Å². The lowest BCUT2D eigenvalue weighted by Gasteiger charge is -2.27. The first-order chi connectivity index (χ1) is 6.81. The SMILES string of the molecule is C#CC(C)N1CCCNC(C2CC2)C1. The maximum atomic E-state index is 5.48. The second-order valence-corrected chi connectivity index (χ2v) is 4.59. The monoisotopic (exact) mass is 192 g/mol. The summed E-state index contributed by atoms with van der Waals surface area (Å²) in [5.74, 6) is 3.77. The van der Waals surface area contributed by atoms with Crippen LogP contribution in [-0.2, 0) is 0 Å². The molecule has 2 fully saturated rings. The van der Waals surface area contributed by atoms with Crippen molar-refractivity contribution >= 4 is 0 Å². The number of hydrogen-bond donors (Lipinski definition) is 1. The van der Waals surface area contributed by atoms with Crippen LogP contribution in [0.3, 0.4) is 0 Å². The molecule has 2 heteroatoms. The molecule has 1 heterocycles. The van der Waals surface area contributed by atoms with Crippen molar-refractivity contribution in [3.8, 4) is 12.3 Å². The van der Waals surface area contributed by atoms with Crippen LogP contribution in [0.4, 0.5) is 0 Å². The van der Waals surface area contributed by atoms with Crippen molar-refractivity contribution in [1.82, 2.24) is 10.2 Å². The van der Waals surface area contributed by atoms with E-state index in [2.05, 4.69) is 23.1 Å². The largest absolute Gasteiger partial charge is 0.312 e. The van der Waals surface area contributed by atoms with Gasteiger partial charge in [0.1, 0.15) is 0 Å². The zero-order chi connectivity index (χ0) is 9.97. The maximum absolute atomic E-state index is 5.48. The van der Waals surface area contributed by atoms with Gasteiger partial charge in [0.2, 0.25) is 0 Å². The summed E-state index contributed by atoms with van der Waals surface area (Å²) in [4.78, 5) is 2.45.